The van der Waals surface area contributed by atoms with Crippen molar-refractivity contribution in [2.75, 3.05) is 5.32 Å². The smallest absolute Gasteiger partial charge is 0.387 e. The molecular weight excluding hydrogens is 244 g/mol. The summed E-state index contributed by atoms with van der Waals surface area (Å²) in [6.45, 7) is 0.686. The third kappa shape index (κ3) is 4.20. The van der Waals surface area contributed by atoms with Crippen LogP contribution in [0, 0.1) is 5.92 Å². The SMILES string of the molecule is CC(C)[C@H](Nc1ccc(OC(F)F)cc1)C(=O)O. The number of ether oxygens (including phenoxy) is 1. The molecule has 0 aromatic heterocycles. The Labute approximate surface area is 104 Å². The lowest BCUT2D eigenvalue weighted by molar-refractivity contribution is -0.138. The Morgan fingerprint density at radius 3 is 2.22 bits per heavy atom. The molecule has 18 heavy (non-hydrogen) atoms. The second-order valence-electron chi connectivity index (χ2n) is 4.11. The number of alkyl halides is 2. The molecule has 0 saturated heterocycles. The van der Waals surface area contributed by atoms with Gasteiger partial charge in [-0.05, 0) is 30.2 Å². The molecule has 2 N–H and O–H groups in total. The molecule has 1 aromatic rings. The quantitative estimate of drug-likeness (QED) is 0.824. The maximum Gasteiger partial charge on any atom is 0.387 e. The topological polar surface area (TPSA) is 58.6 Å². The maximum absolute atomic E-state index is 11.9. The van der Waals surface area contributed by atoms with Crippen LogP contribution in [0.1, 0.15) is 13.8 Å². The first kappa shape index (κ1) is 14.2. The molecule has 0 aliphatic carbocycles. The fourth-order valence-corrected chi connectivity index (χ4v) is 1.43. The van der Waals surface area contributed by atoms with Crippen molar-refractivity contribution in [1.82, 2.24) is 0 Å². The van der Waals surface area contributed by atoms with Gasteiger partial charge in [0.2, 0.25) is 0 Å². The van der Waals surface area contributed by atoms with Crippen molar-refractivity contribution in [2.24, 2.45) is 5.92 Å². The van der Waals surface area contributed by atoms with E-state index in [0.717, 1.165) is 0 Å². The molecule has 6 heteroatoms. The zero-order valence-electron chi connectivity index (χ0n) is 10.1. The maximum atomic E-state index is 11.9. The number of anilines is 1. The predicted molar refractivity (Wildman–Crippen MR) is 63.0 cm³/mol. The summed E-state index contributed by atoms with van der Waals surface area (Å²) >= 11 is 0. The van der Waals surface area contributed by atoms with Crippen molar-refractivity contribution in [3.05, 3.63) is 24.3 Å². The van der Waals surface area contributed by atoms with E-state index in [2.05, 4.69) is 10.1 Å². The molecule has 0 saturated carbocycles. The van der Waals surface area contributed by atoms with Crippen LogP contribution < -0.4 is 10.1 Å². The molecule has 1 atom stereocenters. The third-order valence-electron chi connectivity index (χ3n) is 2.33. The van der Waals surface area contributed by atoms with E-state index in [1.807, 2.05) is 0 Å². The first-order chi connectivity index (χ1) is 8.40. The second-order valence-corrected chi connectivity index (χ2v) is 4.11. The second kappa shape index (κ2) is 6.18. The minimum atomic E-state index is -2.87. The average molecular weight is 259 g/mol. The molecule has 0 bridgehead atoms. The lowest BCUT2D eigenvalue weighted by atomic mass is 10.0. The summed E-state index contributed by atoms with van der Waals surface area (Å²) < 4.78 is 28.0. The summed E-state index contributed by atoms with van der Waals surface area (Å²) in [5.41, 5.74) is 0.540. The van der Waals surface area contributed by atoms with Gasteiger partial charge in [0.25, 0.3) is 0 Å². The zero-order chi connectivity index (χ0) is 13.7. The highest BCUT2D eigenvalue weighted by molar-refractivity contribution is 5.77. The van der Waals surface area contributed by atoms with Gasteiger partial charge in [0.15, 0.2) is 0 Å². The molecule has 0 aliphatic rings. The van der Waals surface area contributed by atoms with E-state index in [1.54, 1.807) is 13.8 Å². The van der Waals surface area contributed by atoms with Gasteiger partial charge in [-0.25, -0.2) is 4.79 Å². The van der Waals surface area contributed by atoms with Gasteiger partial charge in [-0.15, -0.1) is 0 Å². The average Bonchev–Trinajstić information content (AvgIpc) is 2.26. The summed E-state index contributed by atoms with van der Waals surface area (Å²) in [6, 6.07) is 4.97. The Morgan fingerprint density at radius 2 is 1.83 bits per heavy atom. The third-order valence-corrected chi connectivity index (χ3v) is 2.33. The van der Waals surface area contributed by atoms with E-state index < -0.39 is 18.6 Å². The number of benzene rings is 1. The molecule has 0 amide bonds. The summed E-state index contributed by atoms with van der Waals surface area (Å²) in [4.78, 5) is 11.0. The zero-order valence-corrected chi connectivity index (χ0v) is 10.1. The number of halogens is 2. The first-order valence-corrected chi connectivity index (χ1v) is 5.44. The number of carbonyl (C=O) groups is 1. The molecular formula is C12H15F2NO3. The van der Waals surface area contributed by atoms with E-state index in [1.165, 1.54) is 24.3 Å². The molecule has 0 fully saturated rings. The summed E-state index contributed by atoms with van der Waals surface area (Å²) in [7, 11) is 0. The van der Waals surface area contributed by atoms with Crippen LogP contribution in [0.3, 0.4) is 0 Å². The van der Waals surface area contributed by atoms with Crippen LogP contribution in [0.4, 0.5) is 14.5 Å². The summed E-state index contributed by atoms with van der Waals surface area (Å²) in [6.07, 6.45) is 0. The highest BCUT2D eigenvalue weighted by atomic mass is 19.3. The monoisotopic (exact) mass is 259 g/mol. The first-order valence-electron chi connectivity index (χ1n) is 5.44. The van der Waals surface area contributed by atoms with Crippen molar-refractivity contribution < 1.29 is 23.4 Å². The van der Waals surface area contributed by atoms with E-state index in [9.17, 15) is 13.6 Å². The number of hydrogen-bond acceptors (Lipinski definition) is 3. The molecule has 100 valence electrons. The molecule has 0 unspecified atom stereocenters. The Hall–Kier alpha value is -1.85. The fraction of sp³-hybridized carbons (Fsp3) is 0.417. The summed E-state index contributed by atoms with van der Waals surface area (Å²) in [5.74, 6) is -1.02. The predicted octanol–water partition coefficient (Wildman–Crippen LogP) is 2.81. The van der Waals surface area contributed by atoms with Gasteiger partial charge < -0.3 is 15.2 Å². The normalized spacial score (nSPS) is 12.6. The van der Waals surface area contributed by atoms with Crippen LogP contribution in [0.15, 0.2) is 24.3 Å². The van der Waals surface area contributed by atoms with Gasteiger partial charge in [-0.2, -0.15) is 8.78 Å². The molecule has 0 spiro atoms. The Kier molecular flexibility index (Phi) is 4.88. The Morgan fingerprint density at radius 1 is 1.28 bits per heavy atom. The summed E-state index contributed by atoms with van der Waals surface area (Å²) in [5, 5.41) is 11.8. The van der Waals surface area contributed by atoms with Crippen LogP contribution in [-0.4, -0.2) is 23.7 Å². The standard InChI is InChI=1S/C12H15F2NO3/c1-7(2)10(11(16)17)15-8-3-5-9(6-4-8)18-12(13)14/h3-7,10,12,15H,1-2H3,(H,16,17)/t10-/m0/s1. The van der Waals surface area contributed by atoms with E-state index in [-0.39, 0.29) is 11.7 Å². The van der Waals surface area contributed by atoms with Crippen LogP contribution >= 0.6 is 0 Å². The van der Waals surface area contributed by atoms with E-state index in [0.29, 0.717) is 5.69 Å². The van der Waals surface area contributed by atoms with Crippen molar-refractivity contribution >= 4 is 11.7 Å². The van der Waals surface area contributed by atoms with Crippen molar-refractivity contribution in [1.29, 1.82) is 0 Å². The van der Waals surface area contributed by atoms with E-state index >= 15 is 0 Å². The highest BCUT2D eigenvalue weighted by Gasteiger charge is 2.20. The van der Waals surface area contributed by atoms with E-state index in [4.69, 9.17) is 5.11 Å². The van der Waals surface area contributed by atoms with Crippen LogP contribution in [-0.2, 0) is 4.79 Å². The number of carboxylic acids is 1. The number of aliphatic carboxylic acids is 1. The van der Waals surface area contributed by atoms with Gasteiger partial charge in [-0.3, -0.25) is 0 Å². The van der Waals surface area contributed by atoms with Crippen molar-refractivity contribution in [3.8, 4) is 5.75 Å². The lowest BCUT2D eigenvalue weighted by Gasteiger charge is -2.19. The molecule has 0 aliphatic heterocycles. The largest absolute Gasteiger partial charge is 0.480 e. The molecule has 4 nitrogen and oxygen atoms in total. The minimum absolute atomic E-state index is 0.0342. The number of rotatable bonds is 6. The van der Waals surface area contributed by atoms with Gasteiger partial charge in [0.05, 0.1) is 0 Å². The van der Waals surface area contributed by atoms with Gasteiger partial charge >= 0.3 is 12.6 Å². The number of carboxylic acid groups (broad SMARTS) is 1. The van der Waals surface area contributed by atoms with Crippen molar-refractivity contribution in [3.63, 3.8) is 0 Å². The Bertz CT molecular complexity index is 393. The van der Waals surface area contributed by atoms with Gasteiger partial charge in [-0.1, -0.05) is 13.8 Å². The van der Waals surface area contributed by atoms with Crippen LogP contribution in [0.5, 0.6) is 5.75 Å². The number of hydrogen-bond donors (Lipinski definition) is 2. The number of nitrogens with one attached hydrogen (secondary N) is 1. The molecule has 0 radical (unpaired) electrons. The van der Waals surface area contributed by atoms with Gasteiger partial charge in [0.1, 0.15) is 11.8 Å². The van der Waals surface area contributed by atoms with Crippen molar-refractivity contribution in [2.45, 2.75) is 26.5 Å². The van der Waals surface area contributed by atoms with Crippen LogP contribution in [0.2, 0.25) is 0 Å². The lowest BCUT2D eigenvalue weighted by Crippen LogP contribution is -2.34. The Balaban J connectivity index is 2.70. The fourth-order valence-electron chi connectivity index (χ4n) is 1.43. The molecule has 1 aromatic carbocycles. The van der Waals surface area contributed by atoms with Gasteiger partial charge in [0, 0.05) is 5.69 Å². The highest BCUT2D eigenvalue weighted by Crippen LogP contribution is 2.19. The van der Waals surface area contributed by atoms with Crippen LogP contribution in [0.25, 0.3) is 0 Å². The minimum Gasteiger partial charge on any atom is -0.480 e. The molecule has 0 heterocycles. The molecule has 1 rings (SSSR count).